The van der Waals surface area contributed by atoms with Gasteiger partial charge in [-0.25, -0.2) is 0 Å². The maximum Gasteiger partial charge on any atom is 0.326 e. The standard InChI is InChI=1S/C13H17NO2/c1-2-16-12(15)13(14)9-8-11(13)10-6-4-3-5-7-10/h3-7,11H,2,8-9,14H2,1H3. The predicted octanol–water partition coefficient (Wildman–Crippen LogP) is 1.82. The third kappa shape index (κ3) is 1.71. The van der Waals surface area contributed by atoms with Crippen molar-refractivity contribution in [2.75, 3.05) is 6.61 Å². The van der Waals surface area contributed by atoms with Gasteiger partial charge in [0.25, 0.3) is 0 Å². The summed E-state index contributed by atoms with van der Waals surface area (Å²) < 4.78 is 5.04. The highest BCUT2D eigenvalue weighted by Gasteiger charge is 2.51. The Morgan fingerprint density at radius 1 is 1.50 bits per heavy atom. The summed E-state index contributed by atoms with van der Waals surface area (Å²) in [6.07, 6.45) is 1.67. The summed E-state index contributed by atoms with van der Waals surface area (Å²) in [6.45, 7) is 2.19. The molecule has 1 aromatic carbocycles. The first-order valence-electron chi connectivity index (χ1n) is 5.69. The summed E-state index contributed by atoms with van der Waals surface area (Å²) in [5, 5.41) is 0. The Morgan fingerprint density at radius 2 is 2.19 bits per heavy atom. The fourth-order valence-electron chi connectivity index (χ4n) is 2.26. The molecule has 0 saturated heterocycles. The van der Waals surface area contributed by atoms with Crippen LogP contribution < -0.4 is 5.73 Å². The minimum Gasteiger partial charge on any atom is -0.465 e. The molecule has 0 heterocycles. The topological polar surface area (TPSA) is 52.3 Å². The maximum absolute atomic E-state index is 11.8. The lowest BCUT2D eigenvalue weighted by atomic mass is 9.64. The van der Waals surface area contributed by atoms with Crippen molar-refractivity contribution in [2.45, 2.75) is 31.2 Å². The number of nitrogens with two attached hydrogens (primary N) is 1. The van der Waals surface area contributed by atoms with Crippen LogP contribution in [0.3, 0.4) is 0 Å². The molecule has 3 nitrogen and oxygen atoms in total. The zero-order valence-corrected chi connectivity index (χ0v) is 9.48. The highest BCUT2D eigenvalue weighted by Crippen LogP contribution is 2.44. The molecule has 0 bridgehead atoms. The SMILES string of the molecule is CCOC(=O)C1(N)CCC1c1ccccc1. The molecule has 1 aliphatic carbocycles. The van der Waals surface area contributed by atoms with Crippen LogP contribution in [0.25, 0.3) is 0 Å². The average Bonchev–Trinajstić information content (AvgIpc) is 2.28. The normalized spacial score (nSPS) is 28.2. The molecule has 2 rings (SSSR count). The number of ether oxygens (including phenoxy) is 1. The van der Waals surface area contributed by atoms with Crippen LogP contribution >= 0.6 is 0 Å². The van der Waals surface area contributed by atoms with Crippen molar-refractivity contribution in [3.8, 4) is 0 Å². The first-order chi connectivity index (χ1) is 7.68. The molecule has 1 aromatic rings. The van der Waals surface area contributed by atoms with Gasteiger partial charge >= 0.3 is 5.97 Å². The van der Waals surface area contributed by atoms with Crippen LogP contribution in [-0.2, 0) is 9.53 Å². The lowest BCUT2D eigenvalue weighted by Crippen LogP contribution is -2.60. The first-order valence-corrected chi connectivity index (χ1v) is 5.69. The van der Waals surface area contributed by atoms with E-state index in [2.05, 4.69) is 0 Å². The van der Waals surface area contributed by atoms with Gasteiger partial charge in [-0.3, -0.25) is 4.79 Å². The van der Waals surface area contributed by atoms with Crippen LogP contribution in [0.15, 0.2) is 30.3 Å². The molecule has 1 aliphatic rings. The van der Waals surface area contributed by atoms with Gasteiger partial charge in [0.2, 0.25) is 0 Å². The second-order valence-corrected chi connectivity index (χ2v) is 4.26. The molecule has 0 amide bonds. The molecule has 3 heteroatoms. The third-order valence-corrected chi connectivity index (χ3v) is 3.33. The van der Waals surface area contributed by atoms with Crippen LogP contribution in [-0.4, -0.2) is 18.1 Å². The molecule has 0 radical (unpaired) electrons. The number of benzene rings is 1. The van der Waals surface area contributed by atoms with Gasteiger partial charge in [-0.05, 0) is 25.3 Å². The van der Waals surface area contributed by atoms with E-state index in [-0.39, 0.29) is 11.9 Å². The lowest BCUT2D eigenvalue weighted by molar-refractivity contribution is -0.154. The van der Waals surface area contributed by atoms with Gasteiger partial charge in [0.15, 0.2) is 0 Å². The van der Waals surface area contributed by atoms with Crippen LogP contribution in [0.2, 0.25) is 0 Å². The number of hydrogen-bond acceptors (Lipinski definition) is 3. The van der Waals surface area contributed by atoms with Crippen LogP contribution in [0, 0.1) is 0 Å². The fourth-order valence-corrected chi connectivity index (χ4v) is 2.26. The number of esters is 1. The summed E-state index contributed by atoms with van der Waals surface area (Å²) >= 11 is 0. The van der Waals surface area contributed by atoms with Crippen molar-refractivity contribution in [2.24, 2.45) is 5.73 Å². The zero-order valence-electron chi connectivity index (χ0n) is 9.48. The second-order valence-electron chi connectivity index (χ2n) is 4.26. The summed E-state index contributed by atoms with van der Waals surface area (Å²) in [6, 6.07) is 9.94. The average molecular weight is 219 g/mol. The van der Waals surface area contributed by atoms with Crippen molar-refractivity contribution < 1.29 is 9.53 Å². The highest BCUT2D eigenvalue weighted by molar-refractivity contribution is 5.83. The molecule has 0 spiro atoms. The van der Waals surface area contributed by atoms with E-state index in [4.69, 9.17) is 10.5 Å². The van der Waals surface area contributed by atoms with Crippen LogP contribution in [0.1, 0.15) is 31.2 Å². The summed E-state index contributed by atoms with van der Waals surface area (Å²) in [5.41, 5.74) is 6.45. The molecule has 2 unspecified atom stereocenters. The Kier molecular flexibility index (Phi) is 2.97. The van der Waals surface area contributed by atoms with Crippen LogP contribution in [0.5, 0.6) is 0 Å². The van der Waals surface area contributed by atoms with Gasteiger partial charge in [-0.15, -0.1) is 0 Å². The van der Waals surface area contributed by atoms with E-state index < -0.39 is 5.54 Å². The Hall–Kier alpha value is -1.35. The monoisotopic (exact) mass is 219 g/mol. The lowest BCUT2D eigenvalue weighted by Gasteiger charge is -2.44. The quantitative estimate of drug-likeness (QED) is 0.789. The number of rotatable bonds is 3. The summed E-state index contributed by atoms with van der Waals surface area (Å²) in [7, 11) is 0. The molecule has 16 heavy (non-hydrogen) atoms. The first kappa shape index (κ1) is 11.1. The van der Waals surface area contributed by atoms with Crippen molar-refractivity contribution in [1.82, 2.24) is 0 Å². The van der Waals surface area contributed by atoms with Gasteiger partial charge < -0.3 is 10.5 Å². The Balaban J connectivity index is 2.16. The highest BCUT2D eigenvalue weighted by atomic mass is 16.5. The van der Waals surface area contributed by atoms with Crippen LogP contribution in [0.4, 0.5) is 0 Å². The van der Waals surface area contributed by atoms with Crippen molar-refractivity contribution in [3.05, 3.63) is 35.9 Å². The van der Waals surface area contributed by atoms with E-state index in [1.165, 1.54) is 0 Å². The molecular formula is C13H17NO2. The number of hydrogen-bond donors (Lipinski definition) is 1. The van der Waals surface area contributed by atoms with E-state index >= 15 is 0 Å². The molecule has 0 aromatic heterocycles. The minimum absolute atomic E-state index is 0.104. The van der Waals surface area contributed by atoms with E-state index in [0.29, 0.717) is 13.0 Å². The third-order valence-electron chi connectivity index (χ3n) is 3.33. The molecule has 86 valence electrons. The van der Waals surface area contributed by atoms with Gasteiger partial charge in [-0.1, -0.05) is 30.3 Å². The molecule has 1 fully saturated rings. The van der Waals surface area contributed by atoms with E-state index in [0.717, 1.165) is 12.0 Å². The van der Waals surface area contributed by atoms with Crippen molar-refractivity contribution in [1.29, 1.82) is 0 Å². The predicted molar refractivity (Wildman–Crippen MR) is 62.0 cm³/mol. The smallest absolute Gasteiger partial charge is 0.326 e. The fraction of sp³-hybridized carbons (Fsp3) is 0.462. The van der Waals surface area contributed by atoms with Gasteiger partial charge in [-0.2, -0.15) is 0 Å². The molecule has 2 atom stereocenters. The Bertz CT molecular complexity index is 377. The molecule has 0 aliphatic heterocycles. The van der Waals surface area contributed by atoms with E-state index in [1.807, 2.05) is 30.3 Å². The van der Waals surface area contributed by atoms with Gasteiger partial charge in [0.1, 0.15) is 5.54 Å². The number of carbonyl (C=O) groups excluding carboxylic acids is 1. The van der Waals surface area contributed by atoms with Crippen molar-refractivity contribution >= 4 is 5.97 Å². The maximum atomic E-state index is 11.8. The minimum atomic E-state index is -0.808. The summed E-state index contributed by atoms with van der Waals surface area (Å²) in [5.74, 6) is -0.164. The van der Waals surface area contributed by atoms with Gasteiger partial charge in [0.05, 0.1) is 6.61 Å². The molecule has 2 N–H and O–H groups in total. The summed E-state index contributed by atoms with van der Waals surface area (Å²) in [4.78, 5) is 11.8. The Labute approximate surface area is 95.6 Å². The zero-order chi connectivity index (χ0) is 11.6. The van der Waals surface area contributed by atoms with Gasteiger partial charge in [0, 0.05) is 5.92 Å². The van der Waals surface area contributed by atoms with Crippen molar-refractivity contribution in [3.63, 3.8) is 0 Å². The Morgan fingerprint density at radius 3 is 2.69 bits per heavy atom. The van der Waals surface area contributed by atoms with E-state index in [1.54, 1.807) is 6.92 Å². The largest absolute Gasteiger partial charge is 0.465 e. The number of carbonyl (C=O) groups is 1. The molecular weight excluding hydrogens is 202 g/mol. The van der Waals surface area contributed by atoms with E-state index in [9.17, 15) is 4.79 Å². The second kappa shape index (κ2) is 4.26. The molecule has 1 saturated carbocycles.